The largest absolute Gasteiger partial charge is 0.487 e. The zero-order chi connectivity index (χ0) is 17.8. The van der Waals surface area contributed by atoms with Crippen molar-refractivity contribution in [1.82, 2.24) is 8.87 Å². The third-order valence-corrected chi connectivity index (χ3v) is 7.94. The quantitative estimate of drug-likeness (QED) is 0.773. The van der Waals surface area contributed by atoms with E-state index in [-0.39, 0.29) is 29.0 Å². The van der Waals surface area contributed by atoms with Gasteiger partial charge < -0.3 is 9.30 Å². The Morgan fingerprint density at radius 1 is 1.24 bits per heavy atom. The number of aryl methyl sites for hydroxylation is 1. The van der Waals surface area contributed by atoms with Gasteiger partial charge in [-0.05, 0) is 38.0 Å². The number of aromatic nitrogens is 1. The molecule has 0 bridgehead atoms. The van der Waals surface area contributed by atoms with Gasteiger partial charge in [-0.25, -0.2) is 8.42 Å². The number of hydrogen-bond donors (Lipinski definition) is 0. The Morgan fingerprint density at radius 3 is 2.52 bits per heavy atom. The number of ether oxygens (including phenoxy) is 1. The summed E-state index contributed by atoms with van der Waals surface area (Å²) in [5.74, 6) is 0.501. The number of halogens is 1. The zero-order valence-electron chi connectivity index (χ0n) is 13.5. The summed E-state index contributed by atoms with van der Waals surface area (Å²) in [6, 6.07) is 6.74. The highest BCUT2D eigenvalue weighted by Gasteiger charge is 2.39. The Kier molecular flexibility index (Phi) is 4.18. The number of nitrogens with zero attached hydrogens (tertiary/aromatic N) is 2. The van der Waals surface area contributed by atoms with E-state index >= 15 is 0 Å². The average Bonchev–Trinajstić information content (AvgIpc) is 3.21. The van der Waals surface area contributed by atoms with Gasteiger partial charge in [0.05, 0.1) is 17.4 Å². The first-order valence-electron chi connectivity index (χ1n) is 8.00. The predicted molar refractivity (Wildman–Crippen MR) is 96.2 cm³/mol. The van der Waals surface area contributed by atoms with E-state index in [0.717, 1.165) is 29.9 Å². The van der Waals surface area contributed by atoms with Crippen LogP contribution < -0.4 is 10.3 Å². The molecule has 0 atom stereocenters. The molecule has 0 aromatic carbocycles. The van der Waals surface area contributed by atoms with Crippen molar-refractivity contribution in [3.05, 3.63) is 44.6 Å². The highest BCUT2D eigenvalue weighted by Crippen LogP contribution is 2.35. The Hall–Kier alpha value is -1.35. The lowest BCUT2D eigenvalue weighted by Gasteiger charge is -2.37. The second-order valence-electron chi connectivity index (χ2n) is 6.39. The fourth-order valence-electron chi connectivity index (χ4n) is 2.98. The molecule has 0 radical (unpaired) electrons. The minimum atomic E-state index is -3.51. The van der Waals surface area contributed by atoms with E-state index in [1.54, 1.807) is 10.6 Å². The molecule has 134 valence electrons. The third kappa shape index (κ3) is 3.23. The van der Waals surface area contributed by atoms with Crippen LogP contribution in [-0.4, -0.2) is 36.5 Å². The summed E-state index contributed by atoms with van der Waals surface area (Å²) >= 11 is 6.86. The molecular weight excluding hydrogens is 384 g/mol. The normalized spacial score (nSPS) is 19.0. The molecule has 1 aliphatic heterocycles. The molecule has 0 N–H and O–H groups in total. The number of rotatable bonds is 5. The molecule has 6 nitrogen and oxygen atoms in total. The van der Waals surface area contributed by atoms with E-state index in [9.17, 15) is 13.2 Å². The van der Waals surface area contributed by atoms with Crippen molar-refractivity contribution in [3.63, 3.8) is 0 Å². The first-order chi connectivity index (χ1) is 11.8. The van der Waals surface area contributed by atoms with Gasteiger partial charge in [-0.1, -0.05) is 11.6 Å². The van der Waals surface area contributed by atoms with E-state index in [4.69, 9.17) is 16.3 Å². The summed E-state index contributed by atoms with van der Waals surface area (Å²) in [7, 11) is -3.51. The highest BCUT2D eigenvalue weighted by molar-refractivity contribution is 7.91. The lowest BCUT2D eigenvalue weighted by molar-refractivity contribution is 0.0760. The van der Waals surface area contributed by atoms with E-state index in [0.29, 0.717) is 16.1 Å². The van der Waals surface area contributed by atoms with Crippen LogP contribution in [0.3, 0.4) is 0 Å². The Balaban J connectivity index is 1.42. The average molecular weight is 401 g/mol. The second kappa shape index (κ2) is 6.12. The van der Waals surface area contributed by atoms with Crippen LogP contribution >= 0.6 is 22.9 Å². The molecule has 0 spiro atoms. The van der Waals surface area contributed by atoms with Crippen LogP contribution in [0, 0.1) is 6.92 Å². The molecule has 1 saturated carbocycles. The van der Waals surface area contributed by atoms with Crippen LogP contribution in [0.1, 0.15) is 24.6 Å². The van der Waals surface area contributed by atoms with Crippen molar-refractivity contribution < 1.29 is 13.2 Å². The molecule has 25 heavy (non-hydrogen) atoms. The van der Waals surface area contributed by atoms with Gasteiger partial charge in [0, 0.05) is 17.8 Å². The minimum Gasteiger partial charge on any atom is -0.487 e. The molecule has 0 unspecified atom stereocenters. The standard InChI is InChI=1S/C16H17ClN2O4S2/c1-10-6-12(7-15(20)19(10)11-2-3-11)23-13-8-18(9-13)25(21,22)16-5-4-14(17)24-16/h4-7,11,13H,2-3,8-9H2,1H3. The maximum atomic E-state index is 12.4. The number of hydrogen-bond acceptors (Lipinski definition) is 5. The molecule has 3 heterocycles. The molecule has 2 fully saturated rings. The van der Waals surface area contributed by atoms with Crippen molar-refractivity contribution in [3.8, 4) is 5.75 Å². The molecule has 4 rings (SSSR count). The number of pyridine rings is 1. The minimum absolute atomic E-state index is 0.0606. The summed E-state index contributed by atoms with van der Waals surface area (Å²) in [6.07, 6.45) is 1.84. The van der Waals surface area contributed by atoms with Gasteiger partial charge in [-0.15, -0.1) is 11.3 Å². The van der Waals surface area contributed by atoms with Gasteiger partial charge in [0.25, 0.3) is 15.6 Å². The third-order valence-electron chi connectivity index (χ3n) is 4.41. The van der Waals surface area contributed by atoms with Crippen molar-refractivity contribution in [1.29, 1.82) is 0 Å². The van der Waals surface area contributed by atoms with Crippen LogP contribution in [0.5, 0.6) is 5.75 Å². The van der Waals surface area contributed by atoms with Gasteiger partial charge in [-0.2, -0.15) is 4.31 Å². The SMILES string of the molecule is Cc1cc(OC2CN(S(=O)(=O)c3ccc(Cl)s3)C2)cc(=O)n1C1CC1. The molecule has 0 amide bonds. The van der Waals surface area contributed by atoms with Crippen molar-refractivity contribution in [2.45, 2.75) is 36.1 Å². The van der Waals surface area contributed by atoms with Crippen LogP contribution in [-0.2, 0) is 10.0 Å². The summed E-state index contributed by atoms with van der Waals surface area (Å²) < 4.78 is 34.5. The maximum Gasteiger partial charge on any atom is 0.254 e. The van der Waals surface area contributed by atoms with Crippen LogP contribution in [0.2, 0.25) is 4.34 Å². The summed E-state index contributed by atoms with van der Waals surface area (Å²) in [4.78, 5) is 12.2. The molecule has 2 aromatic heterocycles. The monoisotopic (exact) mass is 400 g/mol. The molecule has 2 aromatic rings. The molecule has 1 saturated heterocycles. The Morgan fingerprint density at radius 2 is 1.96 bits per heavy atom. The number of thiophene rings is 1. The van der Waals surface area contributed by atoms with E-state index in [1.165, 1.54) is 16.4 Å². The van der Waals surface area contributed by atoms with Gasteiger partial charge >= 0.3 is 0 Å². The molecule has 2 aliphatic rings. The van der Waals surface area contributed by atoms with Crippen LogP contribution in [0.15, 0.2) is 33.3 Å². The topological polar surface area (TPSA) is 68.6 Å². The smallest absolute Gasteiger partial charge is 0.254 e. The first kappa shape index (κ1) is 17.1. The summed E-state index contributed by atoms with van der Waals surface area (Å²) in [5.41, 5.74) is 0.816. The number of sulfonamides is 1. The first-order valence-corrected chi connectivity index (χ1v) is 10.6. The van der Waals surface area contributed by atoms with Crippen LogP contribution in [0.25, 0.3) is 0 Å². The Labute approximate surface area is 154 Å². The Bertz CT molecular complexity index is 972. The maximum absolute atomic E-state index is 12.4. The fraction of sp³-hybridized carbons (Fsp3) is 0.438. The van der Waals surface area contributed by atoms with Gasteiger partial charge in [0.1, 0.15) is 16.1 Å². The van der Waals surface area contributed by atoms with Gasteiger partial charge in [-0.3, -0.25) is 4.79 Å². The summed E-state index contributed by atoms with van der Waals surface area (Å²) in [5, 5.41) is 0. The lowest BCUT2D eigenvalue weighted by Crippen LogP contribution is -2.55. The fourth-order valence-corrected chi connectivity index (χ4v) is 6.12. The lowest BCUT2D eigenvalue weighted by atomic mass is 10.2. The van der Waals surface area contributed by atoms with Crippen molar-refractivity contribution in [2.75, 3.05) is 13.1 Å². The predicted octanol–water partition coefficient (Wildman–Crippen LogP) is 2.66. The van der Waals surface area contributed by atoms with E-state index in [1.807, 2.05) is 13.0 Å². The van der Waals surface area contributed by atoms with Gasteiger partial charge in [0.2, 0.25) is 0 Å². The van der Waals surface area contributed by atoms with E-state index in [2.05, 4.69) is 0 Å². The highest BCUT2D eigenvalue weighted by atomic mass is 35.5. The molecule has 9 heteroatoms. The zero-order valence-corrected chi connectivity index (χ0v) is 15.9. The molecular formula is C16H17ClN2O4S2. The van der Waals surface area contributed by atoms with Crippen molar-refractivity contribution >= 4 is 33.0 Å². The van der Waals surface area contributed by atoms with E-state index < -0.39 is 10.0 Å². The van der Waals surface area contributed by atoms with Crippen molar-refractivity contribution in [2.24, 2.45) is 0 Å². The summed E-state index contributed by atoms with van der Waals surface area (Å²) in [6.45, 7) is 2.43. The van der Waals surface area contributed by atoms with Crippen LogP contribution in [0.4, 0.5) is 0 Å². The molecule has 1 aliphatic carbocycles. The second-order valence-corrected chi connectivity index (χ2v) is 10.3. The van der Waals surface area contributed by atoms with Gasteiger partial charge in [0.15, 0.2) is 0 Å².